The number of hydrogen-bond acceptors (Lipinski definition) is 5. The molecule has 0 spiro atoms. The van der Waals surface area contributed by atoms with Crippen LogP contribution < -0.4 is 10.2 Å². The highest BCUT2D eigenvalue weighted by atomic mass is 35.5. The fourth-order valence-corrected chi connectivity index (χ4v) is 4.25. The van der Waals surface area contributed by atoms with Gasteiger partial charge in [0.25, 0.3) is 0 Å². The van der Waals surface area contributed by atoms with Crippen LogP contribution >= 0.6 is 23.4 Å². The number of amides is 1. The summed E-state index contributed by atoms with van der Waals surface area (Å²) in [5.41, 5.74) is 0.404. The van der Waals surface area contributed by atoms with Gasteiger partial charge in [-0.15, -0.1) is 10.2 Å². The maximum atomic E-state index is 13.1. The Hall–Kier alpha value is -1.80. The number of anilines is 2. The number of hydrogen-bond donors (Lipinski definition) is 1. The van der Waals surface area contributed by atoms with Crippen LogP contribution in [-0.4, -0.2) is 39.5 Å². The van der Waals surface area contributed by atoms with E-state index in [-0.39, 0.29) is 16.7 Å². The van der Waals surface area contributed by atoms with E-state index >= 15 is 0 Å². The number of rotatable bonds is 6. The van der Waals surface area contributed by atoms with E-state index in [2.05, 4.69) is 25.0 Å². The minimum Gasteiger partial charge on any atom is -0.341 e. The molecular weight excluding hydrogens is 389 g/mol. The Balaban J connectivity index is 1.42. The fourth-order valence-electron chi connectivity index (χ4n) is 3.24. The Morgan fingerprint density at radius 3 is 2.74 bits per heavy atom. The smallest absolute Gasteiger partial charge is 0.234 e. The number of piperidine rings is 1. The van der Waals surface area contributed by atoms with Gasteiger partial charge in [-0.3, -0.25) is 9.36 Å². The van der Waals surface area contributed by atoms with Gasteiger partial charge in [0.15, 0.2) is 5.16 Å². The van der Waals surface area contributed by atoms with Gasteiger partial charge in [0.05, 0.1) is 16.5 Å². The molecule has 144 valence electrons. The topological polar surface area (TPSA) is 63.1 Å². The summed E-state index contributed by atoms with van der Waals surface area (Å²) in [6.45, 7) is 2.03. The summed E-state index contributed by atoms with van der Waals surface area (Å²) in [6, 6.07) is 4.35. The molecule has 1 amide bonds. The van der Waals surface area contributed by atoms with Crippen molar-refractivity contribution in [3.8, 4) is 0 Å². The normalized spacial score (nSPS) is 17.2. The first-order chi connectivity index (χ1) is 13.1. The lowest BCUT2D eigenvalue weighted by Crippen LogP contribution is -2.32. The molecule has 2 aliphatic rings. The second kappa shape index (κ2) is 8.06. The van der Waals surface area contributed by atoms with E-state index in [0.29, 0.717) is 11.7 Å². The van der Waals surface area contributed by atoms with Crippen LogP contribution in [-0.2, 0) is 4.79 Å². The maximum Gasteiger partial charge on any atom is 0.234 e. The molecule has 2 fully saturated rings. The van der Waals surface area contributed by atoms with Gasteiger partial charge in [-0.05, 0) is 50.3 Å². The number of nitrogens with zero attached hydrogens (tertiary/aromatic N) is 4. The van der Waals surface area contributed by atoms with Crippen LogP contribution in [0, 0.1) is 5.82 Å². The van der Waals surface area contributed by atoms with E-state index in [4.69, 9.17) is 11.6 Å². The number of aromatic nitrogens is 3. The third kappa shape index (κ3) is 4.38. The second-order valence-corrected chi connectivity index (χ2v) is 8.24. The van der Waals surface area contributed by atoms with E-state index in [0.717, 1.165) is 37.0 Å². The van der Waals surface area contributed by atoms with Gasteiger partial charge >= 0.3 is 0 Å². The summed E-state index contributed by atoms with van der Waals surface area (Å²) in [4.78, 5) is 14.6. The van der Waals surface area contributed by atoms with Gasteiger partial charge in [0.2, 0.25) is 11.9 Å². The molecular formula is C18H21ClFN5OS. The summed E-state index contributed by atoms with van der Waals surface area (Å²) in [7, 11) is 0. The highest BCUT2D eigenvalue weighted by molar-refractivity contribution is 7.99. The molecule has 1 aromatic carbocycles. The summed E-state index contributed by atoms with van der Waals surface area (Å²) in [5, 5.41) is 12.4. The molecule has 2 heterocycles. The van der Waals surface area contributed by atoms with Crippen molar-refractivity contribution in [1.82, 2.24) is 14.8 Å². The molecule has 1 aliphatic heterocycles. The minimum absolute atomic E-state index is 0.182. The Morgan fingerprint density at radius 1 is 1.26 bits per heavy atom. The molecule has 0 atom stereocenters. The van der Waals surface area contributed by atoms with Crippen LogP contribution in [0.25, 0.3) is 0 Å². The molecule has 0 unspecified atom stereocenters. The lowest BCUT2D eigenvalue weighted by molar-refractivity contribution is -0.113. The van der Waals surface area contributed by atoms with Gasteiger partial charge in [-0.1, -0.05) is 23.4 Å². The first-order valence-electron chi connectivity index (χ1n) is 9.19. The quantitative estimate of drug-likeness (QED) is 0.727. The van der Waals surface area contributed by atoms with Gasteiger partial charge in [0.1, 0.15) is 5.82 Å². The average Bonchev–Trinajstić information content (AvgIpc) is 3.42. The number of carbonyl (C=O) groups excluding carboxylic acids is 1. The predicted molar refractivity (Wildman–Crippen MR) is 105 cm³/mol. The molecule has 1 aliphatic carbocycles. The Morgan fingerprint density at radius 2 is 2.04 bits per heavy atom. The summed E-state index contributed by atoms with van der Waals surface area (Å²) >= 11 is 7.33. The summed E-state index contributed by atoms with van der Waals surface area (Å²) in [6.07, 6.45) is 5.89. The lowest BCUT2D eigenvalue weighted by Gasteiger charge is -2.27. The van der Waals surface area contributed by atoms with Crippen LogP contribution in [0.4, 0.5) is 16.0 Å². The number of benzene rings is 1. The standard InChI is InChI=1S/C18H21ClFN5OS/c19-14-10-12(20)4-7-15(14)21-16(26)11-27-18-23-22-17(25(18)13-5-6-13)24-8-2-1-3-9-24/h4,7,10,13H,1-3,5-6,8-9,11H2,(H,21,26). The zero-order valence-corrected chi connectivity index (χ0v) is 16.4. The Labute approximate surface area is 166 Å². The second-order valence-electron chi connectivity index (χ2n) is 6.89. The highest BCUT2D eigenvalue weighted by Crippen LogP contribution is 2.41. The Kier molecular flexibility index (Phi) is 5.54. The van der Waals surface area contributed by atoms with E-state index in [1.54, 1.807) is 0 Å². The van der Waals surface area contributed by atoms with Crippen molar-refractivity contribution in [2.45, 2.75) is 43.3 Å². The van der Waals surface area contributed by atoms with Crippen LogP contribution in [0.5, 0.6) is 0 Å². The van der Waals surface area contributed by atoms with Crippen molar-refractivity contribution in [3.05, 3.63) is 29.0 Å². The molecule has 0 radical (unpaired) electrons. The molecule has 6 nitrogen and oxygen atoms in total. The molecule has 1 saturated heterocycles. The van der Waals surface area contributed by atoms with Crippen molar-refractivity contribution in [1.29, 1.82) is 0 Å². The third-order valence-corrected chi connectivity index (χ3v) is 5.99. The molecule has 1 saturated carbocycles. The maximum absolute atomic E-state index is 13.1. The highest BCUT2D eigenvalue weighted by Gasteiger charge is 2.32. The number of thioether (sulfide) groups is 1. The molecule has 1 N–H and O–H groups in total. The van der Waals surface area contributed by atoms with Crippen LogP contribution in [0.1, 0.15) is 38.1 Å². The van der Waals surface area contributed by atoms with Crippen LogP contribution in [0.3, 0.4) is 0 Å². The van der Waals surface area contributed by atoms with Crippen molar-refractivity contribution < 1.29 is 9.18 Å². The molecule has 1 aromatic heterocycles. The molecule has 0 bridgehead atoms. The summed E-state index contributed by atoms with van der Waals surface area (Å²) < 4.78 is 15.3. The monoisotopic (exact) mass is 409 g/mol. The first kappa shape index (κ1) is 18.6. The zero-order chi connectivity index (χ0) is 18.8. The van der Waals surface area contributed by atoms with E-state index in [1.807, 2.05) is 0 Å². The largest absolute Gasteiger partial charge is 0.341 e. The molecule has 27 heavy (non-hydrogen) atoms. The van der Waals surface area contributed by atoms with Crippen molar-refractivity contribution in [3.63, 3.8) is 0 Å². The lowest BCUT2D eigenvalue weighted by atomic mass is 10.1. The molecule has 2 aromatic rings. The summed E-state index contributed by atoms with van der Waals surface area (Å²) in [5.74, 6) is 0.480. The van der Waals surface area contributed by atoms with Crippen LogP contribution in [0.2, 0.25) is 5.02 Å². The van der Waals surface area contributed by atoms with Crippen molar-refractivity contribution >= 4 is 40.9 Å². The zero-order valence-electron chi connectivity index (χ0n) is 14.8. The van der Waals surface area contributed by atoms with Gasteiger partial charge in [-0.2, -0.15) is 0 Å². The SMILES string of the molecule is O=C(CSc1nnc(N2CCCCC2)n1C1CC1)Nc1ccc(F)cc1Cl. The average molecular weight is 410 g/mol. The van der Waals surface area contributed by atoms with Gasteiger partial charge < -0.3 is 10.2 Å². The Bertz CT molecular complexity index is 835. The van der Waals surface area contributed by atoms with E-state index in [1.165, 1.54) is 49.2 Å². The number of nitrogens with one attached hydrogen (secondary N) is 1. The van der Waals surface area contributed by atoms with Gasteiger partial charge in [0, 0.05) is 19.1 Å². The fraction of sp³-hybridized carbons (Fsp3) is 0.500. The first-order valence-corrected chi connectivity index (χ1v) is 10.6. The molecule has 9 heteroatoms. The minimum atomic E-state index is -0.435. The third-order valence-electron chi connectivity index (χ3n) is 4.74. The predicted octanol–water partition coefficient (Wildman–Crippen LogP) is 4.13. The van der Waals surface area contributed by atoms with E-state index < -0.39 is 5.82 Å². The molecule has 4 rings (SSSR count). The van der Waals surface area contributed by atoms with E-state index in [9.17, 15) is 9.18 Å². The van der Waals surface area contributed by atoms with Crippen LogP contribution in [0.15, 0.2) is 23.4 Å². The van der Waals surface area contributed by atoms with Gasteiger partial charge in [-0.25, -0.2) is 4.39 Å². The van der Waals surface area contributed by atoms with Crippen molar-refractivity contribution in [2.75, 3.05) is 29.1 Å². The number of halogens is 2. The van der Waals surface area contributed by atoms with Crippen molar-refractivity contribution in [2.24, 2.45) is 0 Å². The number of carbonyl (C=O) groups is 1.